The Morgan fingerprint density at radius 1 is 1.18 bits per heavy atom. The van der Waals surface area contributed by atoms with Crippen LogP contribution in [0.5, 0.6) is 0 Å². The van der Waals surface area contributed by atoms with Crippen molar-refractivity contribution >= 4 is 23.3 Å². The van der Waals surface area contributed by atoms with Crippen molar-refractivity contribution in [3.05, 3.63) is 80.9 Å². The Kier molecular flexibility index (Phi) is 5.61. The molecule has 0 aliphatic heterocycles. The lowest BCUT2D eigenvalue weighted by atomic mass is 9.78. The van der Waals surface area contributed by atoms with Gasteiger partial charge in [0.25, 0.3) is 5.56 Å². The van der Waals surface area contributed by atoms with Gasteiger partial charge in [0, 0.05) is 22.3 Å². The van der Waals surface area contributed by atoms with E-state index in [4.69, 9.17) is 16.0 Å². The molecule has 3 heterocycles. The van der Waals surface area contributed by atoms with Crippen molar-refractivity contribution in [2.75, 3.05) is 5.32 Å². The number of hydrogen-bond acceptors (Lipinski definition) is 5. The van der Waals surface area contributed by atoms with E-state index in [9.17, 15) is 9.59 Å². The summed E-state index contributed by atoms with van der Waals surface area (Å²) in [5, 5.41) is 8.27. The summed E-state index contributed by atoms with van der Waals surface area (Å²) in [6.07, 6.45) is 4.94. The summed E-state index contributed by atoms with van der Waals surface area (Å²) in [6.45, 7) is 3.47. The number of halogens is 1. The summed E-state index contributed by atoms with van der Waals surface area (Å²) in [4.78, 5) is 33.5. The fraction of sp³-hybridized carbons (Fsp3) is 0.280. The highest BCUT2D eigenvalue weighted by Gasteiger charge is 2.43. The van der Waals surface area contributed by atoms with Gasteiger partial charge in [-0.2, -0.15) is 9.78 Å². The van der Waals surface area contributed by atoms with Crippen molar-refractivity contribution in [2.45, 2.75) is 44.9 Å². The van der Waals surface area contributed by atoms with E-state index in [1.54, 1.807) is 38.3 Å². The lowest BCUT2D eigenvalue weighted by molar-refractivity contribution is -0.121. The number of rotatable bonds is 5. The molecule has 174 valence electrons. The van der Waals surface area contributed by atoms with Gasteiger partial charge in [-0.25, -0.2) is 4.98 Å². The molecule has 8 nitrogen and oxygen atoms in total. The second kappa shape index (κ2) is 8.61. The van der Waals surface area contributed by atoms with Gasteiger partial charge in [0.05, 0.1) is 11.7 Å². The van der Waals surface area contributed by atoms with Crippen LogP contribution >= 0.6 is 11.6 Å². The average molecular weight is 478 g/mol. The monoisotopic (exact) mass is 477 g/mol. The molecule has 1 aliphatic rings. The predicted molar refractivity (Wildman–Crippen MR) is 129 cm³/mol. The second-order valence-electron chi connectivity index (χ2n) is 8.65. The van der Waals surface area contributed by atoms with Crippen LogP contribution in [0, 0.1) is 13.8 Å². The van der Waals surface area contributed by atoms with E-state index < -0.39 is 5.41 Å². The van der Waals surface area contributed by atoms with Gasteiger partial charge in [-0.1, -0.05) is 36.6 Å². The van der Waals surface area contributed by atoms with Crippen LogP contribution in [0.2, 0.25) is 5.02 Å². The van der Waals surface area contributed by atoms with Crippen LogP contribution < -0.4 is 10.9 Å². The number of amides is 1. The molecular weight excluding hydrogens is 454 g/mol. The molecule has 1 aliphatic carbocycles. The van der Waals surface area contributed by atoms with Gasteiger partial charge < -0.3 is 9.73 Å². The van der Waals surface area contributed by atoms with Gasteiger partial charge in [-0.3, -0.25) is 14.6 Å². The Hall–Kier alpha value is -3.65. The molecule has 0 atom stereocenters. The number of carbonyl (C=O) groups excluding carboxylic acids is 1. The second-order valence-corrected chi connectivity index (χ2v) is 9.09. The molecule has 2 N–H and O–H groups in total. The summed E-state index contributed by atoms with van der Waals surface area (Å²) in [5.74, 6) is 1.01. The Morgan fingerprint density at radius 2 is 1.91 bits per heavy atom. The van der Waals surface area contributed by atoms with Crippen LogP contribution in [0.4, 0.5) is 5.82 Å². The number of anilines is 1. The zero-order chi connectivity index (χ0) is 23.9. The van der Waals surface area contributed by atoms with E-state index in [1.165, 1.54) is 4.68 Å². The summed E-state index contributed by atoms with van der Waals surface area (Å²) < 4.78 is 6.94. The van der Waals surface area contributed by atoms with Gasteiger partial charge in [-0.15, -0.1) is 0 Å². The quantitative estimate of drug-likeness (QED) is 0.423. The summed E-state index contributed by atoms with van der Waals surface area (Å²) in [5.41, 5.74) is 1.62. The molecule has 1 saturated carbocycles. The van der Waals surface area contributed by atoms with Crippen molar-refractivity contribution < 1.29 is 9.21 Å². The zero-order valence-corrected chi connectivity index (χ0v) is 19.6. The third kappa shape index (κ3) is 3.84. The minimum Gasteiger partial charge on any atom is -0.463 e. The first-order chi connectivity index (χ1) is 16.4. The Balaban J connectivity index is 1.58. The third-order valence-electron chi connectivity index (χ3n) is 6.60. The van der Waals surface area contributed by atoms with E-state index in [0.717, 1.165) is 31.2 Å². The number of nitrogens with one attached hydrogen (secondary N) is 2. The van der Waals surface area contributed by atoms with Crippen molar-refractivity contribution in [1.29, 1.82) is 0 Å². The normalized spacial score (nSPS) is 14.9. The van der Waals surface area contributed by atoms with E-state index in [2.05, 4.69) is 20.4 Å². The fourth-order valence-electron chi connectivity index (χ4n) is 4.54. The zero-order valence-electron chi connectivity index (χ0n) is 18.9. The molecule has 0 spiro atoms. The van der Waals surface area contributed by atoms with Crippen molar-refractivity contribution in [3.63, 3.8) is 0 Å². The van der Waals surface area contributed by atoms with Crippen LogP contribution in [0.3, 0.4) is 0 Å². The number of furan rings is 1. The maximum atomic E-state index is 13.8. The molecule has 4 aromatic rings. The molecule has 5 rings (SSSR count). The summed E-state index contributed by atoms with van der Waals surface area (Å²) >= 11 is 6.09. The number of carbonyl (C=O) groups is 1. The van der Waals surface area contributed by atoms with Gasteiger partial charge in [0.1, 0.15) is 11.5 Å². The van der Waals surface area contributed by atoms with Crippen LogP contribution in [-0.4, -0.2) is 25.7 Å². The first kappa shape index (κ1) is 22.2. The van der Waals surface area contributed by atoms with Gasteiger partial charge in [0.15, 0.2) is 5.76 Å². The molecule has 9 heteroatoms. The lowest BCUT2D eigenvalue weighted by Crippen LogP contribution is -2.38. The first-order valence-electron chi connectivity index (χ1n) is 11.2. The standard InChI is InChI=1S/C25H24ClN5O3/c1-15-16(2)27-24(29-22(15)32)31-21(14-19(30-31)20-6-5-13-34-20)28-23(33)25(11-3-4-12-25)17-7-9-18(26)10-8-17/h5-10,13-14H,3-4,11-12H2,1-2H3,(H,28,33)(H,27,29,32). The van der Waals surface area contributed by atoms with Crippen molar-refractivity contribution in [2.24, 2.45) is 0 Å². The minimum atomic E-state index is -0.672. The molecule has 0 bridgehead atoms. The number of H-pyrrole nitrogens is 1. The highest BCUT2D eigenvalue weighted by Crippen LogP contribution is 2.42. The number of nitrogens with zero attached hydrogens (tertiary/aromatic N) is 3. The Labute approximate surface area is 201 Å². The highest BCUT2D eigenvalue weighted by atomic mass is 35.5. The van der Waals surface area contributed by atoms with Crippen molar-refractivity contribution in [1.82, 2.24) is 19.7 Å². The van der Waals surface area contributed by atoms with E-state index in [1.807, 2.05) is 24.3 Å². The number of benzene rings is 1. The number of aromatic amines is 1. The molecule has 1 amide bonds. The smallest absolute Gasteiger partial charge is 0.255 e. The Morgan fingerprint density at radius 3 is 2.56 bits per heavy atom. The highest BCUT2D eigenvalue weighted by molar-refractivity contribution is 6.30. The number of aryl methyl sites for hydroxylation is 1. The maximum absolute atomic E-state index is 13.8. The molecule has 1 aromatic carbocycles. The number of aromatic nitrogens is 4. The van der Waals surface area contributed by atoms with Crippen LogP contribution in [-0.2, 0) is 10.2 Å². The largest absolute Gasteiger partial charge is 0.463 e. The lowest BCUT2D eigenvalue weighted by Gasteiger charge is -2.28. The van der Waals surface area contributed by atoms with E-state index in [-0.39, 0.29) is 17.4 Å². The maximum Gasteiger partial charge on any atom is 0.255 e. The topological polar surface area (TPSA) is 106 Å². The molecular formula is C25H24ClN5O3. The van der Waals surface area contributed by atoms with E-state index >= 15 is 0 Å². The molecule has 0 unspecified atom stereocenters. The number of hydrogen-bond donors (Lipinski definition) is 2. The molecule has 3 aromatic heterocycles. The average Bonchev–Trinajstić information content (AvgIpc) is 3.58. The fourth-order valence-corrected chi connectivity index (χ4v) is 4.66. The van der Waals surface area contributed by atoms with Crippen LogP contribution in [0.1, 0.15) is 42.5 Å². The molecule has 0 radical (unpaired) electrons. The van der Waals surface area contributed by atoms with E-state index in [0.29, 0.717) is 33.6 Å². The molecule has 0 saturated heterocycles. The predicted octanol–water partition coefficient (Wildman–Crippen LogP) is 4.94. The molecule has 34 heavy (non-hydrogen) atoms. The third-order valence-corrected chi connectivity index (χ3v) is 6.85. The first-order valence-corrected chi connectivity index (χ1v) is 11.5. The van der Waals surface area contributed by atoms with Gasteiger partial charge in [0.2, 0.25) is 11.9 Å². The van der Waals surface area contributed by atoms with Gasteiger partial charge in [-0.05, 0) is 56.5 Å². The molecule has 1 fully saturated rings. The Bertz CT molecular complexity index is 1400. The SMILES string of the molecule is Cc1nc(-n2nc(-c3ccco3)cc2NC(=O)C2(c3ccc(Cl)cc3)CCCC2)[nH]c(=O)c1C. The summed E-state index contributed by atoms with van der Waals surface area (Å²) in [6, 6.07) is 12.7. The van der Waals surface area contributed by atoms with Gasteiger partial charge >= 0.3 is 0 Å². The van der Waals surface area contributed by atoms with Crippen LogP contribution in [0.15, 0.2) is 57.9 Å². The van der Waals surface area contributed by atoms with Crippen molar-refractivity contribution in [3.8, 4) is 17.4 Å². The minimum absolute atomic E-state index is 0.134. The van der Waals surface area contributed by atoms with Crippen LogP contribution in [0.25, 0.3) is 17.4 Å². The summed E-state index contributed by atoms with van der Waals surface area (Å²) in [7, 11) is 0.